The minimum absolute atomic E-state index is 0.371. The molecule has 154 valence electrons. The van der Waals surface area contributed by atoms with Crippen LogP contribution < -0.4 is 20.9 Å². The van der Waals surface area contributed by atoms with Crippen LogP contribution in [0.1, 0.15) is 22.0 Å². The maximum absolute atomic E-state index is 13.0. The van der Waals surface area contributed by atoms with Gasteiger partial charge in [-0.15, -0.1) is 0 Å². The number of methoxy groups -OCH3 is 1. The average molecular weight is 444 g/mol. The molecule has 0 aliphatic rings. The van der Waals surface area contributed by atoms with E-state index in [4.69, 9.17) is 27.9 Å². The Morgan fingerprint density at radius 3 is 2.27 bits per heavy atom. The fraction of sp³-hybridized carbons (Fsp3) is 0.0909. The lowest BCUT2D eigenvalue weighted by Gasteiger charge is -2.20. The van der Waals surface area contributed by atoms with Gasteiger partial charge in [0.2, 0.25) is 5.91 Å². The van der Waals surface area contributed by atoms with Crippen LogP contribution in [0.4, 0.5) is 5.69 Å². The van der Waals surface area contributed by atoms with E-state index in [2.05, 4.69) is 16.2 Å². The van der Waals surface area contributed by atoms with E-state index < -0.39 is 11.9 Å². The predicted octanol–water partition coefficient (Wildman–Crippen LogP) is 4.62. The Balaban J connectivity index is 1.75. The van der Waals surface area contributed by atoms with Crippen molar-refractivity contribution in [2.45, 2.75) is 6.04 Å². The number of hydrazine groups is 1. The first-order chi connectivity index (χ1) is 14.5. The molecule has 3 aromatic rings. The smallest absolute Gasteiger partial charge is 0.265 e. The number of amides is 2. The molecule has 6 nitrogen and oxygen atoms in total. The molecule has 3 rings (SSSR count). The first kappa shape index (κ1) is 21.6. The first-order valence-corrected chi connectivity index (χ1v) is 9.74. The van der Waals surface area contributed by atoms with Gasteiger partial charge < -0.3 is 10.1 Å². The van der Waals surface area contributed by atoms with E-state index in [9.17, 15) is 9.59 Å². The summed E-state index contributed by atoms with van der Waals surface area (Å²) in [6.45, 7) is 0. The number of anilines is 1. The second-order valence-electron chi connectivity index (χ2n) is 6.29. The molecule has 0 fully saturated rings. The van der Waals surface area contributed by atoms with Gasteiger partial charge in [0.25, 0.3) is 5.91 Å². The molecule has 8 heteroatoms. The summed E-state index contributed by atoms with van der Waals surface area (Å²) in [6.07, 6.45) is 0. The molecule has 0 radical (unpaired) electrons. The summed E-state index contributed by atoms with van der Waals surface area (Å²) in [4.78, 5) is 25.4. The molecule has 1 unspecified atom stereocenters. The molecule has 1 atom stereocenters. The average Bonchev–Trinajstić information content (AvgIpc) is 2.75. The van der Waals surface area contributed by atoms with Gasteiger partial charge in [0, 0.05) is 16.3 Å². The standard InChI is InChI=1S/C22H19Cl2N3O3/c1-30-19-12-11-17(13-18(19)24)25-22(29)20(14-5-3-2-4-6-14)26-27-21(28)15-7-9-16(23)10-8-15/h2-13,20,26H,1H3,(H,25,29)(H,27,28). The lowest BCUT2D eigenvalue weighted by Crippen LogP contribution is -2.44. The SMILES string of the molecule is COc1ccc(NC(=O)C(NNC(=O)c2ccc(Cl)cc2)c2ccccc2)cc1Cl. The Hall–Kier alpha value is -3.06. The van der Waals surface area contributed by atoms with Crippen LogP contribution in [0.25, 0.3) is 0 Å². The van der Waals surface area contributed by atoms with Gasteiger partial charge in [-0.05, 0) is 48.0 Å². The maximum Gasteiger partial charge on any atom is 0.265 e. The molecule has 2 amide bonds. The van der Waals surface area contributed by atoms with Gasteiger partial charge >= 0.3 is 0 Å². The van der Waals surface area contributed by atoms with Crippen LogP contribution >= 0.6 is 23.2 Å². The number of hydrogen-bond acceptors (Lipinski definition) is 4. The molecule has 30 heavy (non-hydrogen) atoms. The van der Waals surface area contributed by atoms with Crippen molar-refractivity contribution in [3.8, 4) is 5.75 Å². The lowest BCUT2D eigenvalue weighted by molar-refractivity contribution is -0.118. The quantitative estimate of drug-likeness (QED) is 0.465. The van der Waals surface area contributed by atoms with Crippen molar-refractivity contribution in [2.24, 2.45) is 0 Å². The predicted molar refractivity (Wildman–Crippen MR) is 118 cm³/mol. The van der Waals surface area contributed by atoms with Crippen molar-refractivity contribution in [1.29, 1.82) is 0 Å². The van der Waals surface area contributed by atoms with Gasteiger partial charge in [0.1, 0.15) is 11.8 Å². The third kappa shape index (κ3) is 5.51. The monoisotopic (exact) mass is 443 g/mol. The molecule has 0 spiro atoms. The second-order valence-corrected chi connectivity index (χ2v) is 7.13. The van der Waals surface area contributed by atoms with E-state index in [0.29, 0.717) is 32.6 Å². The zero-order valence-corrected chi connectivity index (χ0v) is 17.5. The Morgan fingerprint density at radius 2 is 1.63 bits per heavy atom. The number of carbonyl (C=O) groups is 2. The van der Waals surface area contributed by atoms with E-state index in [1.54, 1.807) is 54.6 Å². The van der Waals surface area contributed by atoms with E-state index in [1.807, 2.05) is 18.2 Å². The van der Waals surface area contributed by atoms with Crippen molar-refractivity contribution >= 4 is 40.7 Å². The van der Waals surface area contributed by atoms with Crippen molar-refractivity contribution in [3.63, 3.8) is 0 Å². The van der Waals surface area contributed by atoms with Gasteiger partial charge in [0.05, 0.1) is 12.1 Å². The Morgan fingerprint density at radius 1 is 0.933 bits per heavy atom. The van der Waals surface area contributed by atoms with Crippen molar-refractivity contribution in [1.82, 2.24) is 10.9 Å². The lowest BCUT2D eigenvalue weighted by atomic mass is 10.1. The summed E-state index contributed by atoms with van der Waals surface area (Å²) in [5.74, 6) is -0.269. The van der Waals surface area contributed by atoms with Crippen molar-refractivity contribution in [3.05, 3.63) is 94.0 Å². The first-order valence-electron chi connectivity index (χ1n) is 8.98. The van der Waals surface area contributed by atoms with Gasteiger partial charge in [-0.1, -0.05) is 53.5 Å². The van der Waals surface area contributed by atoms with Crippen LogP contribution in [0.15, 0.2) is 72.8 Å². The van der Waals surface area contributed by atoms with Crippen LogP contribution in [0, 0.1) is 0 Å². The van der Waals surface area contributed by atoms with E-state index >= 15 is 0 Å². The highest BCUT2D eigenvalue weighted by atomic mass is 35.5. The maximum atomic E-state index is 13.0. The molecular weight excluding hydrogens is 425 g/mol. The zero-order chi connectivity index (χ0) is 21.5. The van der Waals surface area contributed by atoms with Crippen LogP contribution in [-0.4, -0.2) is 18.9 Å². The number of nitrogens with one attached hydrogen (secondary N) is 3. The van der Waals surface area contributed by atoms with Gasteiger partial charge in [-0.3, -0.25) is 15.0 Å². The van der Waals surface area contributed by atoms with E-state index in [0.717, 1.165) is 0 Å². The molecular formula is C22H19Cl2N3O3. The highest BCUT2D eigenvalue weighted by molar-refractivity contribution is 6.32. The summed E-state index contributed by atoms with van der Waals surface area (Å²) in [5, 5.41) is 3.69. The van der Waals surface area contributed by atoms with Gasteiger partial charge in [-0.2, -0.15) is 0 Å². The highest BCUT2D eigenvalue weighted by Gasteiger charge is 2.22. The summed E-state index contributed by atoms with van der Waals surface area (Å²) in [5.41, 5.74) is 6.95. The molecule has 3 N–H and O–H groups in total. The third-order valence-corrected chi connectivity index (χ3v) is 4.80. The van der Waals surface area contributed by atoms with Crippen molar-refractivity contribution in [2.75, 3.05) is 12.4 Å². The molecule has 0 heterocycles. The summed E-state index contributed by atoms with van der Waals surface area (Å²) in [6, 6.07) is 19.5. The Bertz CT molecular complexity index is 1030. The molecule has 0 aliphatic carbocycles. The minimum Gasteiger partial charge on any atom is -0.495 e. The van der Waals surface area contributed by atoms with Crippen molar-refractivity contribution < 1.29 is 14.3 Å². The largest absolute Gasteiger partial charge is 0.495 e. The zero-order valence-electron chi connectivity index (χ0n) is 16.0. The molecule has 3 aromatic carbocycles. The molecule has 0 saturated heterocycles. The molecule has 0 saturated carbocycles. The topological polar surface area (TPSA) is 79.5 Å². The van der Waals surface area contributed by atoms with E-state index in [-0.39, 0.29) is 5.91 Å². The van der Waals surface area contributed by atoms with Crippen LogP contribution in [0.5, 0.6) is 5.75 Å². The van der Waals surface area contributed by atoms with Gasteiger partial charge in [-0.25, -0.2) is 5.43 Å². The summed E-state index contributed by atoms with van der Waals surface area (Å²) < 4.78 is 5.12. The number of carbonyl (C=O) groups excluding carboxylic acids is 2. The summed E-state index contributed by atoms with van der Waals surface area (Å²) >= 11 is 12.0. The number of halogens is 2. The third-order valence-electron chi connectivity index (χ3n) is 4.25. The van der Waals surface area contributed by atoms with Gasteiger partial charge in [0.15, 0.2) is 0 Å². The number of hydrogen-bond donors (Lipinski definition) is 3. The molecule has 0 aromatic heterocycles. The van der Waals surface area contributed by atoms with Crippen LogP contribution in [-0.2, 0) is 4.79 Å². The fourth-order valence-corrected chi connectivity index (χ4v) is 3.10. The van der Waals surface area contributed by atoms with Crippen LogP contribution in [0.3, 0.4) is 0 Å². The number of ether oxygens (including phenoxy) is 1. The second kappa shape index (κ2) is 10.1. The Kier molecular flexibility index (Phi) is 7.30. The van der Waals surface area contributed by atoms with Crippen LogP contribution in [0.2, 0.25) is 10.0 Å². The Labute approximate surface area is 184 Å². The number of rotatable bonds is 7. The molecule has 0 aliphatic heterocycles. The van der Waals surface area contributed by atoms with E-state index in [1.165, 1.54) is 7.11 Å². The molecule has 0 bridgehead atoms. The summed E-state index contributed by atoms with van der Waals surface area (Å²) in [7, 11) is 1.51. The minimum atomic E-state index is -0.844. The number of benzene rings is 3. The normalized spacial score (nSPS) is 11.4. The fourth-order valence-electron chi connectivity index (χ4n) is 2.72. The highest BCUT2D eigenvalue weighted by Crippen LogP contribution is 2.27.